The molecule has 5 rings (SSSR count). The third-order valence-corrected chi connectivity index (χ3v) is 4.53. The number of rotatable bonds is 4. The second kappa shape index (κ2) is 6.59. The largest absolute Gasteiger partial charge is 0.493 e. The fourth-order valence-electron chi connectivity index (χ4n) is 2.99. The maximum Gasteiger partial charge on any atom is 0.326 e. The van der Waals surface area contributed by atoms with Gasteiger partial charge in [0.25, 0.3) is 5.62 Å². The van der Waals surface area contributed by atoms with E-state index < -0.39 is 5.69 Å². The molecule has 0 spiro atoms. The fraction of sp³-hybridized carbons (Fsp3) is 0.211. The highest BCUT2D eigenvalue weighted by molar-refractivity contribution is 5.59. The van der Waals surface area contributed by atoms with Crippen LogP contribution in [-0.2, 0) is 0 Å². The summed E-state index contributed by atoms with van der Waals surface area (Å²) in [6.07, 6.45) is 5.26. The number of nitrogens with one attached hydrogen (secondary N) is 3. The highest BCUT2D eigenvalue weighted by atomic mass is 16.3. The van der Waals surface area contributed by atoms with Gasteiger partial charge in [0.15, 0.2) is 5.65 Å². The second-order valence-electron chi connectivity index (χ2n) is 7.02. The van der Waals surface area contributed by atoms with E-state index in [-0.39, 0.29) is 17.6 Å². The molecule has 0 unspecified atom stereocenters. The van der Waals surface area contributed by atoms with Crippen molar-refractivity contribution >= 4 is 23.4 Å². The molecule has 29 heavy (non-hydrogen) atoms. The van der Waals surface area contributed by atoms with Crippen LogP contribution >= 0.6 is 0 Å². The number of benzene rings is 1. The van der Waals surface area contributed by atoms with Gasteiger partial charge in [-0.1, -0.05) is 12.1 Å². The Morgan fingerprint density at radius 3 is 2.90 bits per heavy atom. The van der Waals surface area contributed by atoms with Gasteiger partial charge in [-0.3, -0.25) is 4.98 Å². The molecule has 4 N–H and O–H groups in total. The molecule has 146 valence electrons. The maximum absolute atomic E-state index is 11.4. The summed E-state index contributed by atoms with van der Waals surface area (Å²) in [6, 6.07) is 8.15. The summed E-state index contributed by atoms with van der Waals surface area (Å²) in [5.74, 6) is 0.147. The molecule has 3 aromatic heterocycles. The highest BCUT2D eigenvalue weighted by Crippen LogP contribution is 2.22. The van der Waals surface area contributed by atoms with Gasteiger partial charge >= 0.3 is 5.69 Å². The van der Waals surface area contributed by atoms with Crippen LogP contribution < -0.4 is 21.8 Å². The number of fused-ring (bicyclic) bond motifs is 1. The summed E-state index contributed by atoms with van der Waals surface area (Å²) < 4.78 is 1.56. The number of aryl methyl sites for hydroxylation is 1. The van der Waals surface area contributed by atoms with E-state index in [1.807, 2.05) is 31.2 Å². The van der Waals surface area contributed by atoms with Crippen LogP contribution in [0.4, 0.5) is 11.6 Å². The lowest BCUT2D eigenvalue weighted by Gasteiger charge is -2.06. The lowest BCUT2D eigenvalue weighted by molar-refractivity contribution is 0.454. The number of H-pyrrole nitrogens is 2. The summed E-state index contributed by atoms with van der Waals surface area (Å²) in [4.78, 5) is 30.0. The predicted octanol–water partition coefficient (Wildman–Crippen LogP) is 0.509. The van der Waals surface area contributed by atoms with E-state index in [4.69, 9.17) is 0 Å². The maximum atomic E-state index is 11.4. The number of hydrogen-bond acceptors (Lipinski definition) is 7. The van der Waals surface area contributed by atoms with E-state index >= 15 is 0 Å². The van der Waals surface area contributed by atoms with Gasteiger partial charge in [0.1, 0.15) is 5.69 Å². The van der Waals surface area contributed by atoms with Gasteiger partial charge in [0.2, 0.25) is 11.8 Å². The lowest BCUT2D eigenvalue weighted by Crippen LogP contribution is -2.24. The summed E-state index contributed by atoms with van der Waals surface area (Å²) >= 11 is 0. The van der Waals surface area contributed by atoms with Crippen LogP contribution in [-0.4, -0.2) is 40.7 Å². The monoisotopic (exact) mass is 390 g/mol. The van der Waals surface area contributed by atoms with Crippen LogP contribution in [0.2, 0.25) is 0 Å². The molecule has 1 aromatic carbocycles. The van der Waals surface area contributed by atoms with Gasteiger partial charge in [-0.25, -0.2) is 9.79 Å². The molecule has 10 nitrogen and oxygen atoms in total. The van der Waals surface area contributed by atoms with Crippen molar-refractivity contribution in [1.29, 1.82) is 0 Å². The molecule has 0 saturated heterocycles. The number of anilines is 2. The van der Waals surface area contributed by atoms with Gasteiger partial charge in [0.05, 0.1) is 12.2 Å². The molecular weight excluding hydrogens is 372 g/mol. The topological polar surface area (TPSA) is 136 Å². The minimum atomic E-state index is -0.494. The zero-order chi connectivity index (χ0) is 20.0. The summed E-state index contributed by atoms with van der Waals surface area (Å²) in [5, 5.41) is 18.0. The first kappa shape index (κ1) is 17.2. The Morgan fingerprint density at radius 2 is 2.17 bits per heavy atom. The van der Waals surface area contributed by atoms with Gasteiger partial charge < -0.3 is 15.4 Å². The molecule has 1 aliphatic rings. The fourth-order valence-corrected chi connectivity index (χ4v) is 2.99. The van der Waals surface area contributed by atoms with Gasteiger partial charge in [-0.2, -0.15) is 19.6 Å². The molecule has 3 heterocycles. The van der Waals surface area contributed by atoms with E-state index in [9.17, 15) is 9.90 Å². The third kappa shape index (κ3) is 3.47. The Labute approximate surface area is 163 Å². The molecule has 0 radical (unpaired) electrons. The van der Waals surface area contributed by atoms with Crippen LogP contribution in [0.15, 0.2) is 40.2 Å². The summed E-state index contributed by atoms with van der Waals surface area (Å²) in [7, 11) is 0. The third-order valence-electron chi connectivity index (χ3n) is 4.53. The van der Waals surface area contributed by atoms with Crippen molar-refractivity contribution in [1.82, 2.24) is 29.5 Å². The number of nitrogens with zero attached hydrogens (tertiary/aromatic N) is 5. The minimum Gasteiger partial charge on any atom is -0.493 e. The quantitative estimate of drug-likeness (QED) is 0.401. The SMILES string of the molecule is Cc1cccc(Nc2nc(=NC3CC3)n3ncc(=Cc4[nH]c(=O)[nH]c4O)c3n2)c1. The van der Waals surface area contributed by atoms with E-state index in [0.29, 0.717) is 22.4 Å². The minimum absolute atomic E-state index is 0.246. The number of aromatic hydroxyl groups is 1. The standard InChI is InChI=1S/C19H18N8O2/c1-10-3-2-4-13(7-10)21-17-24-15-11(8-14-16(28)25-19(29)23-14)9-20-27(15)18(26-17)22-12-5-6-12/h2-4,7-9,12,28H,5-6H2,1H3,(H,21,22,26)(H2,23,25,29). The zero-order valence-corrected chi connectivity index (χ0v) is 15.5. The molecule has 10 heteroatoms. The Morgan fingerprint density at radius 1 is 1.31 bits per heavy atom. The molecule has 0 bridgehead atoms. The smallest absolute Gasteiger partial charge is 0.326 e. The Balaban J connectivity index is 1.68. The zero-order valence-electron chi connectivity index (χ0n) is 15.5. The lowest BCUT2D eigenvalue weighted by atomic mass is 10.2. The highest BCUT2D eigenvalue weighted by Gasteiger charge is 2.21. The summed E-state index contributed by atoms with van der Waals surface area (Å²) in [6.45, 7) is 2.01. The molecule has 4 aromatic rings. The van der Waals surface area contributed by atoms with Crippen molar-refractivity contribution in [3.05, 3.63) is 63.0 Å². The molecule has 1 fully saturated rings. The normalized spacial score (nSPS) is 15.3. The summed E-state index contributed by atoms with van der Waals surface area (Å²) in [5.41, 5.74) is 2.70. The van der Waals surface area contributed by atoms with E-state index in [1.54, 1.807) is 16.8 Å². The van der Waals surface area contributed by atoms with Crippen molar-refractivity contribution < 1.29 is 5.11 Å². The molecule has 1 aliphatic carbocycles. The average Bonchev–Trinajstić information content (AvgIpc) is 3.31. The van der Waals surface area contributed by atoms with E-state index in [2.05, 4.69) is 35.3 Å². The average molecular weight is 390 g/mol. The van der Waals surface area contributed by atoms with E-state index in [1.165, 1.54) is 0 Å². The number of aromatic nitrogens is 6. The molecular formula is C19H18N8O2. The van der Waals surface area contributed by atoms with E-state index in [0.717, 1.165) is 24.1 Å². The second-order valence-corrected chi connectivity index (χ2v) is 7.02. The molecule has 0 atom stereocenters. The predicted molar refractivity (Wildman–Crippen MR) is 106 cm³/mol. The molecule has 0 amide bonds. The Kier molecular flexibility index (Phi) is 3.90. The van der Waals surface area contributed by atoms with Crippen molar-refractivity contribution in [2.75, 3.05) is 5.32 Å². The van der Waals surface area contributed by atoms with Crippen molar-refractivity contribution in [3.63, 3.8) is 0 Å². The first-order valence-corrected chi connectivity index (χ1v) is 9.21. The molecule has 0 aliphatic heterocycles. The van der Waals surface area contributed by atoms with Crippen LogP contribution in [0.25, 0.3) is 11.7 Å². The van der Waals surface area contributed by atoms with Crippen molar-refractivity contribution in [2.45, 2.75) is 25.8 Å². The van der Waals surface area contributed by atoms with Crippen LogP contribution in [0.3, 0.4) is 0 Å². The van der Waals surface area contributed by atoms with Gasteiger partial charge in [-0.05, 0) is 43.5 Å². The van der Waals surface area contributed by atoms with Crippen LogP contribution in [0, 0.1) is 6.92 Å². The number of hydrogen-bond donors (Lipinski definition) is 4. The number of imidazole rings is 1. The first-order valence-electron chi connectivity index (χ1n) is 9.21. The van der Waals surface area contributed by atoms with Crippen molar-refractivity contribution in [2.24, 2.45) is 4.99 Å². The molecule has 1 saturated carbocycles. The Hall–Kier alpha value is -3.95. The van der Waals surface area contributed by atoms with Gasteiger partial charge in [0, 0.05) is 10.9 Å². The van der Waals surface area contributed by atoms with Crippen LogP contribution in [0.5, 0.6) is 5.88 Å². The number of aromatic amines is 2. The first-order chi connectivity index (χ1) is 14.0. The Bertz CT molecular complexity index is 1390. The van der Waals surface area contributed by atoms with Crippen molar-refractivity contribution in [3.8, 4) is 5.88 Å². The van der Waals surface area contributed by atoms with Gasteiger partial charge in [-0.15, -0.1) is 0 Å². The van der Waals surface area contributed by atoms with Crippen LogP contribution in [0.1, 0.15) is 24.1 Å².